The van der Waals surface area contributed by atoms with Gasteiger partial charge in [-0.15, -0.1) is 0 Å². The fraction of sp³-hybridized carbons (Fsp3) is 0.278. The number of benzene rings is 1. The van der Waals surface area contributed by atoms with Crippen molar-refractivity contribution >= 4 is 17.5 Å². The molecule has 5 nitrogen and oxygen atoms in total. The Morgan fingerprint density at radius 1 is 1.12 bits per heavy atom. The van der Waals surface area contributed by atoms with Crippen LogP contribution < -0.4 is 0 Å². The summed E-state index contributed by atoms with van der Waals surface area (Å²) >= 11 is 0. The molecule has 0 radical (unpaired) electrons. The molecule has 1 aromatic carbocycles. The smallest absolute Gasteiger partial charge is 0.338 e. The molecule has 126 valence electrons. The molecule has 0 amide bonds. The van der Waals surface area contributed by atoms with Crippen LogP contribution in [0.25, 0.3) is 0 Å². The molecular weight excluding hydrogens is 313 g/mol. The first-order valence-electron chi connectivity index (χ1n) is 7.43. The van der Waals surface area contributed by atoms with Crippen LogP contribution in [0.3, 0.4) is 0 Å². The van der Waals surface area contributed by atoms with Gasteiger partial charge in [-0.1, -0.05) is 0 Å². The molecule has 1 aromatic heterocycles. The van der Waals surface area contributed by atoms with Crippen molar-refractivity contribution in [1.82, 2.24) is 4.98 Å². The third kappa shape index (κ3) is 3.42. The van der Waals surface area contributed by atoms with Crippen LogP contribution in [0.1, 0.15) is 56.3 Å². The summed E-state index contributed by atoms with van der Waals surface area (Å²) in [5.74, 6) is -1.76. The summed E-state index contributed by atoms with van der Waals surface area (Å²) in [6, 6.07) is 4.85. The van der Waals surface area contributed by atoms with Gasteiger partial charge < -0.3 is 9.72 Å². The molecule has 1 N–H and O–H groups in total. The maximum absolute atomic E-state index is 12.9. The molecule has 0 aliphatic rings. The minimum atomic E-state index is -1.04. The quantitative estimate of drug-likeness (QED) is 0.673. The largest absolute Gasteiger partial charge is 0.451 e. The Labute approximate surface area is 138 Å². The van der Waals surface area contributed by atoms with E-state index in [4.69, 9.17) is 4.74 Å². The number of rotatable bonds is 5. The highest BCUT2D eigenvalue weighted by molar-refractivity contribution is 6.05. The Bertz CT molecular complexity index is 805. The molecule has 0 spiro atoms. The Kier molecular flexibility index (Phi) is 4.97. The van der Waals surface area contributed by atoms with Crippen LogP contribution in [-0.2, 0) is 4.74 Å². The van der Waals surface area contributed by atoms with E-state index in [1.165, 1.54) is 26.0 Å². The standard InChI is InChI=1S/C18H18FNO4/c1-9-15(11(3)21)10(2)20-16(9)17(22)12(4)24-18(23)13-5-7-14(19)8-6-13/h5-8,12,20H,1-4H3/t12-/m0/s1. The summed E-state index contributed by atoms with van der Waals surface area (Å²) in [7, 11) is 0. The van der Waals surface area contributed by atoms with E-state index in [-0.39, 0.29) is 17.0 Å². The summed E-state index contributed by atoms with van der Waals surface area (Å²) < 4.78 is 18.0. The zero-order valence-electron chi connectivity index (χ0n) is 13.9. The predicted molar refractivity (Wildman–Crippen MR) is 85.9 cm³/mol. The molecule has 0 saturated carbocycles. The van der Waals surface area contributed by atoms with Gasteiger partial charge in [0.1, 0.15) is 5.82 Å². The van der Waals surface area contributed by atoms with Crippen molar-refractivity contribution in [2.75, 3.05) is 0 Å². The molecule has 24 heavy (non-hydrogen) atoms. The van der Waals surface area contributed by atoms with Gasteiger partial charge in [0.25, 0.3) is 0 Å². The highest BCUT2D eigenvalue weighted by atomic mass is 19.1. The minimum absolute atomic E-state index is 0.142. The van der Waals surface area contributed by atoms with Crippen molar-refractivity contribution < 1.29 is 23.5 Å². The van der Waals surface area contributed by atoms with Crippen LogP contribution in [0.5, 0.6) is 0 Å². The number of Topliss-reactive ketones (excluding diaryl/α,β-unsaturated/α-hetero) is 2. The molecule has 0 bridgehead atoms. The van der Waals surface area contributed by atoms with Crippen LogP contribution in [0.2, 0.25) is 0 Å². The number of carbonyl (C=O) groups excluding carboxylic acids is 3. The second kappa shape index (κ2) is 6.78. The predicted octanol–water partition coefficient (Wildman–Crippen LogP) is 3.40. The van der Waals surface area contributed by atoms with Crippen molar-refractivity contribution in [2.24, 2.45) is 0 Å². The Morgan fingerprint density at radius 3 is 2.21 bits per heavy atom. The number of hydrogen-bond acceptors (Lipinski definition) is 4. The molecule has 0 unspecified atom stereocenters. The van der Waals surface area contributed by atoms with E-state index in [2.05, 4.69) is 4.98 Å². The molecule has 0 fully saturated rings. The third-order valence-electron chi connectivity index (χ3n) is 3.77. The lowest BCUT2D eigenvalue weighted by atomic mass is 10.0. The van der Waals surface area contributed by atoms with Gasteiger partial charge in [0.05, 0.1) is 11.3 Å². The summed E-state index contributed by atoms with van der Waals surface area (Å²) in [5, 5.41) is 0. The van der Waals surface area contributed by atoms with Gasteiger partial charge in [-0.2, -0.15) is 0 Å². The van der Waals surface area contributed by atoms with E-state index < -0.39 is 23.7 Å². The van der Waals surface area contributed by atoms with Crippen molar-refractivity contribution in [2.45, 2.75) is 33.8 Å². The summed E-state index contributed by atoms with van der Waals surface area (Å²) in [5.41, 5.74) is 2.00. The van der Waals surface area contributed by atoms with Crippen molar-refractivity contribution in [1.29, 1.82) is 0 Å². The second-order valence-electron chi connectivity index (χ2n) is 5.60. The van der Waals surface area contributed by atoms with E-state index >= 15 is 0 Å². The van der Waals surface area contributed by atoms with Crippen LogP contribution in [0.4, 0.5) is 4.39 Å². The highest BCUT2D eigenvalue weighted by Gasteiger charge is 2.26. The number of carbonyl (C=O) groups is 3. The van der Waals surface area contributed by atoms with Gasteiger partial charge in [0.2, 0.25) is 5.78 Å². The van der Waals surface area contributed by atoms with Crippen LogP contribution in [-0.4, -0.2) is 28.6 Å². The minimum Gasteiger partial charge on any atom is -0.451 e. The number of esters is 1. The first-order valence-corrected chi connectivity index (χ1v) is 7.43. The maximum atomic E-state index is 12.9. The molecule has 1 atom stereocenters. The summed E-state index contributed by atoms with van der Waals surface area (Å²) in [4.78, 5) is 39.0. The zero-order valence-corrected chi connectivity index (χ0v) is 13.9. The normalized spacial score (nSPS) is 11.9. The lowest BCUT2D eigenvalue weighted by molar-refractivity contribution is 0.0317. The molecule has 2 rings (SSSR count). The topological polar surface area (TPSA) is 76.2 Å². The fourth-order valence-electron chi connectivity index (χ4n) is 2.60. The number of H-pyrrole nitrogens is 1. The Balaban J connectivity index is 2.18. The molecule has 0 aliphatic carbocycles. The van der Waals surface area contributed by atoms with Crippen molar-refractivity contribution in [3.05, 3.63) is 58.2 Å². The van der Waals surface area contributed by atoms with Crippen LogP contribution in [0, 0.1) is 19.7 Å². The first kappa shape index (κ1) is 17.6. The monoisotopic (exact) mass is 331 g/mol. The molecule has 6 heteroatoms. The maximum Gasteiger partial charge on any atom is 0.338 e. The first-order chi connectivity index (χ1) is 11.2. The van der Waals surface area contributed by atoms with Gasteiger partial charge in [-0.05, 0) is 57.5 Å². The summed E-state index contributed by atoms with van der Waals surface area (Å²) in [6.45, 7) is 6.25. The Hall–Kier alpha value is -2.76. The van der Waals surface area contributed by atoms with Gasteiger partial charge >= 0.3 is 5.97 Å². The molecule has 1 heterocycles. The average Bonchev–Trinajstić information content (AvgIpc) is 2.81. The van der Waals surface area contributed by atoms with Crippen LogP contribution >= 0.6 is 0 Å². The number of hydrogen-bond donors (Lipinski definition) is 1. The van der Waals surface area contributed by atoms with Gasteiger partial charge in [-0.3, -0.25) is 9.59 Å². The number of aryl methyl sites for hydroxylation is 1. The van der Waals surface area contributed by atoms with E-state index in [9.17, 15) is 18.8 Å². The highest BCUT2D eigenvalue weighted by Crippen LogP contribution is 2.20. The number of nitrogens with one attached hydrogen (secondary N) is 1. The van der Waals surface area contributed by atoms with E-state index in [1.54, 1.807) is 13.8 Å². The van der Waals surface area contributed by atoms with Gasteiger partial charge in [0, 0.05) is 11.3 Å². The van der Waals surface area contributed by atoms with Gasteiger partial charge in [-0.25, -0.2) is 9.18 Å². The second-order valence-corrected chi connectivity index (χ2v) is 5.60. The summed E-state index contributed by atoms with van der Waals surface area (Å²) in [6.07, 6.45) is -1.04. The number of aromatic amines is 1. The van der Waals surface area contributed by atoms with Crippen molar-refractivity contribution in [3.8, 4) is 0 Å². The van der Waals surface area contributed by atoms with Crippen molar-refractivity contribution in [3.63, 3.8) is 0 Å². The Morgan fingerprint density at radius 2 is 1.71 bits per heavy atom. The average molecular weight is 331 g/mol. The lowest BCUT2D eigenvalue weighted by Gasteiger charge is -2.12. The lowest BCUT2D eigenvalue weighted by Crippen LogP contribution is -2.25. The SMILES string of the molecule is CC(=O)c1c(C)[nH]c(C(=O)[C@H](C)OC(=O)c2ccc(F)cc2)c1C. The zero-order chi connectivity index (χ0) is 18.0. The number of aromatic nitrogens is 1. The number of ether oxygens (including phenoxy) is 1. The van der Waals surface area contributed by atoms with E-state index in [0.717, 1.165) is 12.1 Å². The number of ketones is 2. The third-order valence-corrected chi connectivity index (χ3v) is 3.77. The molecular formula is C18H18FNO4. The molecule has 2 aromatic rings. The van der Waals surface area contributed by atoms with Gasteiger partial charge in [0.15, 0.2) is 11.9 Å². The molecule has 0 saturated heterocycles. The number of halogens is 1. The van der Waals surface area contributed by atoms with E-state index in [1.807, 2.05) is 0 Å². The van der Waals surface area contributed by atoms with E-state index in [0.29, 0.717) is 16.8 Å². The van der Waals surface area contributed by atoms with Crippen LogP contribution in [0.15, 0.2) is 24.3 Å². The fourth-order valence-corrected chi connectivity index (χ4v) is 2.60. The molecule has 0 aliphatic heterocycles.